The molecule has 32 heavy (non-hydrogen) atoms. The Bertz CT molecular complexity index is 903. The molecule has 0 N–H and O–H groups in total. The number of aromatic nitrogens is 2. The molecule has 0 radical (unpaired) electrons. The van der Waals surface area contributed by atoms with Gasteiger partial charge in [-0.15, -0.1) is 5.10 Å². The van der Waals surface area contributed by atoms with Gasteiger partial charge in [0.15, 0.2) is 5.15 Å². The molecule has 1 aromatic carbocycles. The van der Waals surface area contributed by atoms with Gasteiger partial charge in [-0.05, 0) is 69.1 Å². The van der Waals surface area contributed by atoms with Gasteiger partial charge in [-0.3, -0.25) is 4.90 Å². The third-order valence-electron chi connectivity index (χ3n) is 7.93. The highest BCUT2D eigenvalue weighted by Crippen LogP contribution is 2.35. The van der Waals surface area contributed by atoms with E-state index >= 15 is 0 Å². The molecule has 0 atom stereocenters. The van der Waals surface area contributed by atoms with E-state index in [0.29, 0.717) is 11.2 Å². The van der Waals surface area contributed by atoms with Gasteiger partial charge in [0.25, 0.3) is 0 Å². The molecule has 172 valence electrons. The van der Waals surface area contributed by atoms with Crippen LogP contribution in [0, 0.1) is 6.92 Å². The number of halogens is 1. The summed E-state index contributed by atoms with van der Waals surface area (Å²) in [6, 6.07) is 10.3. The van der Waals surface area contributed by atoms with Crippen LogP contribution in [0.25, 0.3) is 0 Å². The minimum absolute atomic E-state index is 0.476. The van der Waals surface area contributed by atoms with Gasteiger partial charge in [0.05, 0.1) is 11.9 Å². The lowest BCUT2D eigenvalue weighted by Crippen LogP contribution is -2.52. The molecule has 1 saturated heterocycles. The number of nitrogens with zero attached hydrogens (tertiary/aromatic N) is 5. The van der Waals surface area contributed by atoms with Gasteiger partial charge in [0, 0.05) is 56.6 Å². The zero-order valence-corrected chi connectivity index (χ0v) is 20.1. The lowest BCUT2D eigenvalue weighted by molar-refractivity contribution is 0.140. The molecule has 1 saturated carbocycles. The molecule has 5 rings (SSSR count). The van der Waals surface area contributed by atoms with Crippen molar-refractivity contribution in [2.75, 3.05) is 42.5 Å². The second kappa shape index (κ2) is 9.96. The number of rotatable bonds is 3. The Morgan fingerprint density at radius 1 is 0.906 bits per heavy atom. The summed E-state index contributed by atoms with van der Waals surface area (Å²) in [6.07, 6.45) is 12.4. The first kappa shape index (κ1) is 22.0. The van der Waals surface area contributed by atoms with Crippen LogP contribution in [0.2, 0.25) is 5.15 Å². The number of aryl methyl sites for hydroxylation is 1. The molecule has 2 aliphatic heterocycles. The van der Waals surface area contributed by atoms with Gasteiger partial charge in [0.1, 0.15) is 0 Å². The van der Waals surface area contributed by atoms with Gasteiger partial charge < -0.3 is 9.80 Å². The number of fused-ring (bicyclic) bond motifs is 1. The van der Waals surface area contributed by atoms with Crippen molar-refractivity contribution >= 4 is 23.0 Å². The smallest absolute Gasteiger partial charge is 0.153 e. The van der Waals surface area contributed by atoms with E-state index in [2.05, 4.69) is 50.0 Å². The zero-order chi connectivity index (χ0) is 21.9. The Labute approximate surface area is 197 Å². The number of hydrogen-bond acceptors (Lipinski definition) is 5. The molecule has 0 amide bonds. The summed E-state index contributed by atoms with van der Waals surface area (Å²) in [5, 5.41) is 8.36. The van der Waals surface area contributed by atoms with E-state index in [-0.39, 0.29) is 0 Å². The summed E-state index contributed by atoms with van der Waals surface area (Å²) in [5.41, 5.74) is 5.72. The topological polar surface area (TPSA) is 35.5 Å². The first-order valence-electron chi connectivity index (χ1n) is 12.5. The molecule has 1 aromatic heterocycles. The lowest BCUT2D eigenvalue weighted by atomic mass is 9.87. The summed E-state index contributed by atoms with van der Waals surface area (Å²) in [6.45, 7) is 7.86. The fourth-order valence-corrected chi connectivity index (χ4v) is 6.28. The lowest BCUT2D eigenvalue weighted by Gasteiger charge is -2.45. The van der Waals surface area contributed by atoms with Crippen molar-refractivity contribution in [1.29, 1.82) is 0 Å². The molecule has 0 spiro atoms. The predicted molar refractivity (Wildman–Crippen MR) is 133 cm³/mol. The van der Waals surface area contributed by atoms with Gasteiger partial charge >= 0.3 is 0 Å². The van der Waals surface area contributed by atoms with Crippen molar-refractivity contribution in [1.82, 2.24) is 15.1 Å². The maximum absolute atomic E-state index is 6.04. The largest absolute Gasteiger partial charge is 0.368 e. The van der Waals surface area contributed by atoms with Crippen LogP contribution in [-0.4, -0.2) is 59.9 Å². The van der Waals surface area contributed by atoms with Gasteiger partial charge in [-0.25, -0.2) is 0 Å². The van der Waals surface area contributed by atoms with Crippen molar-refractivity contribution in [3.8, 4) is 0 Å². The normalized spacial score (nSPS) is 25.2. The van der Waals surface area contributed by atoms with E-state index in [0.717, 1.165) is 37.9 Å². The average Bonchev–Trinajstić information content (AvgIpc) is 2.81. The quantitative estimate of drug-likeness (QED) is 0.645. The highest BCUT2D eigenvalue weighted by atomic mass is 35.5. The van der Waals surface area contributed by atoms with Gasteiger partial charge in [0.2, 0.25) is 0 Å². The first-order chi connectivity index (χ1) is 15.7. The van der Waals surface area contributed by atoms with Crippen molar-refractivity contribution in [3.05, 3.63) is 46.7 Å². The fourth-order valence-electron chi connectivity index (χ4n) is 6.13. The van der Waals surface area contributed by atoms with Crippen LogP contribution >= 0.6 is 11.6 Å². The second-order valence-corrected chi connectivity index (χ2v) is 10.2. The summed E-state index contributed by atoms with van der Waals surface area (Å²) >= 11 is 6.04. The number of anilines is 2. The summed E-state index contributed by atoms with van der Waals surface area (Å²) in [4.78, 5) is 7.91. The van der Waals surface area contributed by atoms with Gasteiger partial charge in [-0.2, -0.15) is 5.10 Å². The van der Waals surface area contributed by atoms with E-state index in [1.807, 2.05) is 12.3 Å². The highest BCUT2D eigenvalue weighted by Gasteiger charge is 2.32. The third kappa shape index (κ3) is 4.74. The van der Waals surface area contributed by atoms with Crippen molar-refractivity contribution < 1.29 is 0 Å². The summed E-state index contributed by atoms with van der Waals surface area (Å²) in [7, 11) is 0. The Hall–Kier alpha value is -1.85. The molecule has 1 aliphatic carbocycles. The van der Waals surface area contributed by atoms with E-state index in [9.17, 15) is 0 Å². The molecule has 6 heteroatoms. The van der Waals surface area contributed by atoms with Crippen molar-refractivity contribution in [2.24, 2.45) is 0 Å². The van der Waals surface area contributed by atoms with Crippen molar-refractivity contribution in [3.63, 3.8) is 0 Å². The third-order valence-corrected chi connectivity index (χ3v) is 8.12. The van der Waals surface area contributed by atoms with E-state index in [4.69, 9.17) is 11.6 Å². The van der Waals surface area contributed by atoms with Crippen LogP contribution in [0.4, 0.5) is 11.4 Å². The van der Waals surface area contributed by atoms with Gasteiger partial charge in [-0.1, -0.05) is 30.2 Å². The Kier molecular flexibility index (Phi) is 6.84. The maximum Gasteiger partial charge on any atom is 0.153 e. The SMILES string of the molecule is Cc1cccc2c1CCCCCN2[C@H]1CC[C@@H](N2CCN(c3cnnc(Cl)c3)CC2)CC1. The Morgan fingerprint density at radius 2 is 1.69 bits per heavy atom. The minimum Gasteiger partial charge on any atom is -0.368 e. The van der Waals surface area contributed by atoms with E-state index in [1.165, 1.54) is 69.2 Å². The number of benzene rings is 1. The van der Waals surface area contributed by atoms with Crippen LogP contribution in [0.1, 0.15) is 56.1 Å². The second-order valence-electron chi connectivity index (χ2n) is 9.80. The summed E-state index contributed by atoms with van der Waals surface area (Å²) < 4.78 is 0. The average molecular weight is 454 g/mol. The van der Waals surface area contributed by atoms with Crippen LogP contribution in [0.15, 0.2) is 30.5 Å². The first-order valence-corrected chi connectivity index (χ1v) is 12.9. The summed E-state index contributed by atoms with van der Waals surface area (Å²) in [5.74, 6) is 0. The molecule has 0 unspecified atom stereocenters. The monoisotopic (exact) mass is 453 g/mol. The van der Waals surface area contributed by atoms with E-state index in [1.54, 1.807) is 5.56 Å². The predicted octanol–water partition coefficient (Wildman–Crippen LogP) is 5.10. The molecule has 5 nitrogen and oxygen atoms in total. The minimum atomic E-state index is 0.476. The standard InChI is InChI=1S/C26H36ClN5/c1-20-6-5-8-25-24(20)7-3-2-4-13-32(25)22-11-9-21(10-12-22)30-14-16-31(17-15-30)23-18-26(27)29-28-19-23/h5-6,8,18-19,21-22H,2-4,7,9-17H2,1H3/t21-,22+. The number of hydrogen-bond donors (Lipinski definition) is 0. The Balaban J connectivity index is 1.19. The van der Waals surface area contributed by atoms with Crippen LogP contribution in [-0.2, 0) is 6.42 Å². The van der Waals surface area contributed by atoms with E-state index < -0.39 is 0 Å². The zero-order valence-electron chi connectivity index (χ0n) is 19.3. The Morgan fingerprint density at radius 3 is 2.47 bits per heavy atom. The molecular formula is C26H36ClN5. The molecule has 3 heterocycles. The molecule has 2 aromatic rings. The molecule has 0 bridgehead atoms. The molecule has 2 fully saturated rings. The fraction of sp³-hybridized carbons (Fsp3) is 0.615. The number of piperazine rings is 1. The van der Waals surface area contributed by atoms with Crippen molar-refractivity contribution in [2.45, 2.75) is 70.4 Å². The molecule has 3 aliphatic rings. The van der Waals surface area contributed by atoms with Crippen LogP contribution in [0.5, 0.6) is 0 Å². The van der Waals surface area contributed by atoms with Crippen LogP contribution < -0.4 is 9.80 Å². The maximum atomic E-state index is 6.04. The molecular weight excluding hydrogens is 418 g/mol. The van der Waals surface area contributed by atoms with Crippen LogP contribution in [0.3, 0.4) is 0 Å². The highest BCUT2D eigenvalue weighted by molar-refractivity contribution is 6.29.